The van der Waals surface area contributed by atoms with Gasteiger partial charge in [-0.1, -0.05) is 0 Å². The Morgan fingerprint density at radius 2 is 2.03 bits per heavy atom. The fraction of sp³-hybridized carbons (Fsp3) is 0.600. The first-order chi connectivity index (χ1) is 14.7. The predicted molar refractivity (Wildman–Crippen MR) is 109 cm³/mol. The number of nitrogens with zero attached hydrogens (tertiary/aromatic N) is 3. The van der Waals surface area contributed by atoms with Crippen molar-refractivity contribution in [2.24, 2.45) is 0 Å². The van der Waals surface area contributed by atoms with Crippen molar-refractivity contribution in [3.05, 3.63) is 51.1 Å². The SMILES string of the molecule is Cc1ccn(CCC(=O)NC[C@H]2OC[C@@H](n3ccc(=O)[nH]c3=O)[C@@H]3OC(C)(C)O[C@@H]32)n1. The standard InChI is InChI=1S/C20H27N5O6/c1-12-4-7-24(23-12)8-5-15(26)21-10-14-18-17(30-20(2,3)31-18)13(11-29-14)25-9-6-16(27)22-19(25)28/h4,6-7,9,13-14,17-18H,5,8,10-11H2,1-3H3,(H,21,26)(H,22,27,28)/t13-,14-,17+,18-/m1/s1. The number of carbonyl (C=O) groups is 1. The van der Waals surface area contributed by atoms with Crippen LogP contribution in [0.25, 0.3) is 0 Å². The molecule has 1 amide bonds. The molecular formula is C20H27N5O6. The molecule has 2 aromatic rings. The van der Waals surface area contributed by atoms with Crippen LogP contribution in [0.3, 0.4) is 0 Å². The lowest BCUT2D eigenvalue weighted by atomic mass is 9.97. The average molecular weight is 433 g/mol. The van der Waals surface area contributed by atoms with Gasteiger partial charge >= 0.3 is 5.69 Å². The van der Waals surface area contributed by atoms with Crippen molar-refractivity contribution in [2.45, 2.75) is 63.9 Å². The Balaban J connectivity index is 1.40. The van der Waals surface area contributed by atoms with Gasteiger partial charge in [-0.15, -0.1) is 0 Å². The summed E-state index contributed by atoms with van der Waals surface area (Å²) < 4.78 is 21.2. The number of fused-ring (bicyclic) bond motifs is 1. The van der Waals surface area contributed by atoms with E-state index in [9.17, 15) is 14.4 Å². The fourth-order valence-electron chi connectivity index (χ4n) is 4.02. The van der Waals surface area contributed by atoms with Gasteiger partial charge in [-0.3, -0.25) is 23.8 Å². The first kappa shape index (κ1) is 21.5. The molecule has 2 aromatic heterocycles. The number of ether oxygens (including phenoxy) is 3. The summed E-state index contributed by atoms with van der Waals surface area (Å²) in [6.45, 7) is 6.40. The molecule has 2 saturated heterocycles. The number of H-pyrrole nitrogens is 1. The van der Waals surface area contributed by atoms with Gasteiger partial charge in [-0.05, 0) is 26.8 Å². The number of amides is 1. The molecule has 11 nitrogen and oxygen atoms in total. The summed E-state index contributed by atoms with van der Waals surface area (Å²) in [5.41, 5.74) is -0.0997. The molecule has 0 bridgehead atoms. The van der Waals surface area contributed by atoms with E-state index in [-0.39, 0.29) is 19.1 Å². The molecule has 31 heavy (non-hydrogen) atoms. The number of aromatic amines is 1. The highest BCUT2D eigenvalue weighted by Crippen LogP contribution is 2.39. The van der Waals surface area contributed by atoms with Crippen LogP contribution in [0.1, 0.15) is 32.0 Å². The van der Waals surface area contributed by atoms with Crippen LogP contribution in [0.5, 0.6) is 0 Å². The Morgan fingerprint density at radius 3 is 2.74 bits per heavy atom. The molecule has 4 atom stereocenters. The number of aromatic nitrogens is 4. The summed E-state index contributed by atoms with van der Waals surface area (Å²) in [6, 6.07) is 2.70. The van der Waals surface area contributed by atoms with Gasteiger partial charge in [0, 0.05) is 38.0 Å². The van der Waals surface area contributed by atoms with Gasteiger partial charge < -0.3 is 19.5 Å². The van der Waals surface area contributed by atoms with Gasteiger partial charge in [0.05, 0.1) is 18.3 Å². The zero-order valence-corrected chi connectivity index (χ0v) is 17.7. The normalized spacial score (nSPS) is 27.1. The monoisotopic (exact) mass is 433 g/mol. The average Bonchev–Trinajstić information content (AvgIpc) is 3.26. The molecule has 4 rings (SSSR count). The van der Waals surface area contributed by atoms with Crippen LogP contribution in [0.2, 0.25) is 0 Å². The summed E-state index contributed by atoms with van der Waals surface area (Å²) in [6.07, 6.45) is 2.17. The van der Waals surface area contributed by atoms with E-state index < -0.39 is 41.4 Å². The van der Waals surface area contributed by atoms with Gasteiger partial charge in [0.15, 0.2) is 5.79 Å². The number of nitrogens with one attached hydrogen (secondary N) is 2. The topological polar surface area (TPSA) is 129 Å². The van der Waals surface area contributed by atoms with E-state index in [0.29, 0.717) is 13.0 Å². The van der Waals surface area contributed by atoms with Crippen LogP contribution in [0.4, 0.5) is 0 Å². The lowest BCUT2D eigenvalue weighted by molar-refractivity contribution is -0.153. The van der Waals surface area contributed by atoms with Crippen molar-refractivity contribution in [3.8, 4) is 0 Å². The van der Waals surface area contributed by atoms with Gasteiger partial charge in [0.2, 0.25) is 5.91 Å². The molecule has 0 saturated carbocycles. The van der Waals surface area contributed by atoms with E-state index in [1.165, 1.54) is 16.8 Å². The number of aryl methyl sites for hydroxylation is 2. The quantitative estimate of drug-likeness (QED) is 0.640. The van der Waals surface area contributed by atoms with Gasteiger partial charge in [0.1, 0.15) is 18.3 Å². The molecule has 2 N–H and O–H groups in total. The molecule has 2 aliphatic rings. The third-order valence-corrected chi connectivity index (χ3v) is 5.44. The first-order valence-corrected chi connectivity index (χ1v) is 10.3. The van der Waals surface area contributed by atoms with Crippen molar-refractivity contribution in [3.63, 3.8) is 0 Å². The van der Waals surface area contributed by atoms with Gasteiger partial charge in [0.25, 0.3) is 5.56 Å². The lowest BCUT2D eigenvalue weighted by Gasteiger charge is -2.37. The molecular weight excluding hydrogens is 406 g/mol. The van der Waals surface area contributed by atoms with Crippen LogP contribution >= 0.6 is 0 Å². The molecule has 0 unspecified atom stereocenters. The van der Waals surface area contributed by atoms with E-state index in [4.69, 9.17) is 14.2 Å². The van der Waals surface area contributed by atoms with Crippen LogP contribution in [-0.2, 0) is 25.5 Å². The second-order valence-electron chi connectivity index (χ2n) is 8.30. The molecule has 0 aromatic carbocycles. The molecule has 168 valence electrons. The summed E-state index contributed by atoms with van der Waals surface area (Å²) in [5, 5.41) is 7.15. The van der Waals surface area contributed by atoms with Crippen molar-refractivity contribution in [1.82, 2.24) is 24.6 Å². The van der Waals surface area contributed by atoms with E-state index in [0.717, 1.165) is 5.69 Å². The zero-order valence-electron chi connectivity index (χ0n) is 17.7. The Hall–Kier alpha value is -2.76. The molecule has 2 aliphatic heterocycles. The highest BCUT2D eigenvalue weighted by Gasteiger charge is 2.52. The molecule has 0 radical (unpaired) electrons. The Bertz CT molecular complexity index is 1060. The fourth-order valence-corrected chi connectivity index (χ4v) is 4.02. The van der Waals surface area contributed by atoms with Crippen molar-refractivity contribution in [2.75, 3.05) is 13.2 Å². The maximum absolute atomic E-state index is 12.3. The predicted octanol–water partition coefficient (Wildman–Crippen LogP) is -0.292. The van der Waals surface area contributed by atoms with Crippen molar-refractivity contribution < 1.29 is 19.0 Å². The largest absolute Gasteiger partial charge is 0.371 e. The maximum Gasteiger partial charge on any atom is 0.328 e. The second-order valence-corrected chi connectivity index (χ2v) is 8.30. The minimum Gasteiger partial charge on any atom is -0.371 e. The highest BCUT2D eigenvalue weighted by molar-refractivity contribution is 5.75. The van der Waals surface area contributed by atoms with Crippen molar-refractivity contribution in [1.29, 1.82) is 0 Å². The Morgan fingerprint density at radius 1 is 1.26 bits per heavy atom. The number of carbonyl (C=O) groups excluding carboxylic acids is 1. The Kier molecular flexibility index (Phi) is 5.82. The second kappa shape index (κ2) is 8.40. The number of hydrogen-bond donors (Lipinski definition) is 2. The molecule has 0 aliphatic carbocycles. The van der Waals surface area contributed by atoms with Gasteiger partial charge in [-0.2, -0.15) is 5.10 Å². The first-order valence-electron chi connectivity index (χ1n) is 10.3. The number of rotatable bonds is 6. The number of hydrogen-bond acceptors (Lipinski definition) is 7. The lowest BCUT2D eigenvalue weighted by Crippen LogP contribution is -2.54. The smallest absolute Gasteiger partial charge is 0.328 e. The molecule has 0 spiro atoms. The van der Waals surface area contributed by atoms with Crippen molar-refractivity contribution >= 4 is 5.91 Å². The van der Waals surface area contributed by atoms with Gasteiger partial charge in [-0.25, -0.2) is 4.79 Å². The minimum atomic E-state index is -0.868. The summed E-state index contributed by atoms with van der Waals surface area (Å²) in [4.78, 5) is 38.2. The zero-order chi connectivity index (χ0) is 22.2. The minimum absolute atomic E-state index is 0.120. The van der Waals surface area contributed by atoms with Crippen LogP contribution < -0.4 is 16.6 Å². The van der Waals surface area contributed by atoms with E-state index in [1.54, 1.807) is 18.5 Å². The highest BCUT2D eigenvalue weighted by atomic mass is 16.8. The van der Waals surface area contributed by atoms with E-state index >= 15 is 0 Å². The Labute approximate surface area is 178 Å². The molecule has 11 heteroatoms. The van der Waals surface area contributed by atoms with Crippen LogP contribution in [-0.4, -0.2) is 62.5 Å². The third-order valence-electron chi connectivity index (χ3n) is 5.44. The maximum atomic E-state index is 12.3. The third kappa shape index (κ3) is 4.78. The van der Waals surface area contributed by atoms with E-state index in [2.05, 4.69) is 15.4 Å². The summed E-state index contributed by atoms with van der Waals surface area (Å²) in [7, 11) is 0. The van der Waals surface area contributed by atoms with Crippen LogP contribution in [0, 0.1) is 6.92 Å². The van der Waals surface area contributed by atoms with Crippen LogP contribution in [0.15, 0.2) is 34.1 Å². The summed E-state index contributed by atoms with van der Waals surface area (Å²) in [5.74, 6) is -0.988. The molecule has 4 heterocycles. The summed E-state index contributed by atoms with van der Waals surface area (Å²) >= 11 is 0. The van der Waals surface area contributed by atoms with E-state index in [1.807, 2.05) is 19.2 Å². The molecule has 2 fully saturated rings.